The van der Waals surface area contributed by atoms with Gasteiger partial charge in [-0.2, -0.15) is 4.98 Å². The van der Waals surface area contributed by atoms with E-state index in [0.717, 1.165) is 49.6 Å². The van der Waals surface area contributed by atoms with E-state index < -0.39 is 0 Å². The minimum atomic E-state index is 0.243. The number of nitrogens with one attached hydrogen (secondary N) is 2. The zero-order chi connectivity index (χ0) is 19.2. The molecule has 0 spiro atoms. The van der Waals surface area contributed by atoms with Crippen molar-refractivity contribution in [1.29, 1.82) is 0 Å². The maximum Gasteiger partial charge on any atom is 0.225 e. The Morgan fingerprint density at radius 3 is 2.57 bits per heavy atom. The van der Waals surface area contributed by atoms with Gasteiger partial charge in [-0.25, -0.2) is 4.98 Å². The lowest BCUT2D eigenvalue weighted by Crippen LogP contribution is -2.20. The van der Waals surface area contributed by atoms with Crippen LogP contribution >= 0.6 is 0 Å². The molecular weight excluding hydrogens is 348 g/mol. The van der Waals surface area contributed by atoms with E-state index >= 15 is 0 Å². The lowest BCUT2D eigenvalue weighted by atomic mass is 10.1. The first kappa shape index (κ1) is 18.4. The number of hydrogen-bond donors (Lipinski definition) is 2. The second-order valence-corrected chi connectivity index (χ2v) is 7.18. The molecule has 1 aromatic heterocycles. The van der Waals surface area contributed by atoms with Crippen LogP contribution in [0.5, 0.6) is 0 Å². The Hall–Kier alpha value is -2.92. The quantitative estimate of drug-likeness (QED) is 0.630. The standard InChI is InChI=1S/C23H26N4O/c1-17-9-11-18(12-10-17)15-24-22-14-21(19-6-3-2-4-7-19)26-23(27-22)25-16-20-8-5-13-28-20/h2-4,6-7,9-12,14,20H,5,8,13,15-16H2,1H3,(H2,24,25,26,27). The summed E-state index contributed by atoms with van der Waals surface area (Å²) in [6.45, 7) is 4.40. The number of ether oxygens (including phenoxy) is 1. The summed E-state index contributed by atoms with van der Waals surface area (Å²) < 4.78 is 5.70. The Morgan fingerprint density at radius 1 is 1.00 bits per heavy atom. The average molecular weight is 374 g/mol. The highest BCUT2D eigenvalue weighted by Crippen LogP contribution is 2.22. The van der Waals surface area contributed by atoms with Crippen molar-refractivity contribution < 1.29 is 4.74 Å². The van der Waals surface area contributed by atoms with Gasteiger partial charge in [-0.1, -0.05) is 60.2 Å². The molecule has 1 unspecified atom stereocenters. The second-order valence-electron chi connectivity index (χ2n) is 7.18. The molecule has 1 aliphatic heterocycles. The van der Waals surface area contributed by atoms with E-state index in [9.17, 15) is 0 Å². The molecule has 1 fully saturated rings. The van der Waals surface area contributed by atoms with E-state index in [1.165, 1.54) is 11.1 Å². The molecule has 4 rings (SSSR count). The second kappa shape index (κ2) is 8.85. The first-order valence-corrected chi connectivity index (χ1v) is 9.86. The summed E-state index contributed by atoms with van der Waals surface area (Å²) in [5.74, 6) is 1.44. The molecule has 2 aromatic carbocycles. The van der Waals surface area contributed by atoms with Gasteiger partial charge in [0.05, 0.1) is 11.8 Å². The van der Waals surface area contributed by atoms with E-state index in [-0.39, 0.29) is 6.10 Å². The molecule has 1 atom stereocenters. The van der Waals surface area contributed by atoms with Crippen molar-refractivity contribution in [3.63, 3.8) is 0 Å². The van der Waals surface area contributed by atoms with Gasteiger partial charge in [0, 0.05) is 31.3 Å². The van der Waals surface area contributed by atoms with E-state index in [1.807, 2.05) is 24.3 Å². The average Bonchev–Trinajstić information content (AvgIpc) is 3.26. The summed E-state index contributed by atoms with van der Waals surface area (Å²) in [7, 11) is 0. The molecule has 1 saturated heterocycles. The van der Waals surface area contributed by atoms with Crippen molar-refractivity contribution >= 4 is 11.8 Å². The van der Waals surface area contributed by atoms with Crippen LogP contribution in [0.1, 0.15) is 24.0 Å². The molecule has 2 heterocycles. The van der Waals surface area contributed by atoms with Crippen LogP contribution in [0.4, 0.5) is 11.8 Å². The third kappa shape index (κ3) is 4.87. The monoisotopic (exact) mass is 374 g/mol. The minimum Gasteiger partial charge on any atom is -0.376 e. The molecule has 0 radical (unpaired) electrons. The van der Waals surface area contributed by atoms with Crippen molar-refractivity contribution in [1.82, 2.24) is 9.97 Å². The van der Waals surface area contributed by atoms with Crippen LogP contribution in [-0.2, 0) is 11.3 Å². The fraction of sp³-hybridized carbons (Fsp3) is 0.304. The van der Waals surface area contributed by atoms with Crippen molar-refractivity contribution in [2.45, 2.75) is 32.4 Å². The summed E-state index contributed by atoms with van der Waals surface area (Å²) in [6.07, 6.45) is 2.46. The Balaban J connectivity index is 1.53. The summed E-state index contributed by atoms with van der Waals surface area (Å²) in [6, 6.07) is 20.7. The van der Waals surface area contributed by atoms with Crippen LogP contribution in [0.2, 0.25) is 0 Å². The van der Waals surface area contributed by atoms with Gasteiger partial charge in [-0.15, -0.1) is 0 Å². The van der Waals surface area contributed by atoms with Gasteiger partial charge in [-0.3, -0.25) is 0 Å². The molecule has 0 saturated carbocycles. The fourth-order valence-electron chi connectivity index (χ4n) is 3.28. The Kier molecular flexibility index (Phi) is 5.83. The molecule has 2 N–H and O–H groups in total. The minimum absolute atomic E-state index is 0.243. The molecule has 3 aromatic rings. The molecule has 0 amide bonds. The maximum absolute atomic E-state index is 5.70. The topological polar surface area (TPSA) is 59.1 Å². The van der Waals surface area contributed by atoms with Crippen LogP contribution in [0.25, 0.3) is 11.3 Å². The third-order valence-corrected chi connectivity index (χ3v) is 4.90. The van der Waals surface area contributed by atoms with Crippen molar-refractivity contribution in [2.24, 2.45) is 0 Å². The summed E-state index contributed by atoms with van der Waals surface area (Å²) >= 11 is 0. The van der Waals surface area contributed by atoms with Gasteiger partial charge in [0.25, 0.3) is 0 Å². The van der Waals surface area contributed by atoms with E-state index in [1.54, 1.807) is 0 Å². The Morgan fingerprint density at radius 2 is 1.82 bits per heavy atom. The predicted octanol–water partition coefficient (Wildman–Crippen LogP) is 4.66. The van der Waals surface area contributed by atoms with Crippen LogP contribution in [0.15, 0.2) is 60.7 Å². The highest BCUT2D eigenvalue weighted by molar-refractivity contribution is 5.64. The number of aryl methyl sites for hydroxylation is 1. The first-order valence-electron chi connectivity index (χ1n) is 9.86. The van der Waals surface area contributed by atoms with Crippen molar-refractivity contribution in [3.8, 4) is 11.3 Å². The van der Waals surface area contributed by atoms with Crippen LogP contribution in [0.3, 0.4) is 0 Å². The molecule has 28 heavy (non-hydrogen) atoms. The van der Waals surface area contributed by atoms with Gasteiger partial charge in [0.2, 0.25) is 5.95 Å². The molecule has 5 nitrogen and oxygen atoms in total. The van der Waals surface area contributed by atoms with Crippen LogP contribution in [0, 0.1) is 6.92 Å². The highest BCUT2D eigenvalue weighted by atomic mass is 16.5. The smallest absolute Gasteiger partial charge is 0.225 e. The molecule has 1 aliphatic rings. The number of rotatable bonds is 7. The first-order chi connectivity index (χ1) is 13.8. The van der Waals surface area contributed by atoms with Crippen molar-refractivity contribution in [3.05, 3.63) is 71.8 Å². The van der Waals surface area contributed by atoms with Gasteiger partial charge >= 0.3 is 0 Å². The zero-order valence-corrected chi connectivity index (χ0v) is 16.2. The zero-order valence-electron chi connectivity index (χ0n) is 16.2. The fourth-order valence-corrected chi connectivity index (χ4v) is 3.28. The highest BCUT2D eigenvalue weighted by Gasteiger charge is 2.16. The van der Waals surface area contributed by atoms with Crippen LogP contribution < -0.4 is 10.6 Å². The third-order valence-electron chi connectivity index (χ3n) is 4.90. The lowest BCUT2D eigenvalue weighted by Gasteiger charge is -2.14. The Labute approximate surface area is 166 Å². The predicted molar refractivity (Wildman–Crippen MR) is 113 cm³/mol. The lowest BCUT2D eigenvalue weighted by molar-refractivity contribution is 0.120. The van der Waals surface area contributed by atoms with E-state index in [4.69, 9.17) is 9.72 Å². The summed E-state index contributed by atoms with van der Waals surface area (Å²) in [4.78, 5) is 9.38. The van der Waals surface area contributed by atoms with E-state index in [2.05, 4.69) is 58.9 Å². The number of aromatic nitrogens is 2. The van der Waals surface area contributed by atoms with Crippen LogP contribution in [-0.4, -0.2) is 29.2 Å². The molecule has 0 bridgehead atoms. The Bertz CT molecular complexity index is 890. The van der Waals surface area contributed by atoms with Crippen molar-refractivity contribution in [2.75, 3.05) is 23.8 Å². The van der Waals surface area contributed by atoms with Gasteiger partial charge in [-0.05, 0) is 25.3 Å². The number of benzene rings is 2. The van der Waals surface area contributed by atoms with Gasteiger partial charge < -0.3 is 15.4 Å². The normalized spacial score (nSPS) is 16.1. The SMILES string of the molecule is Cc1ccc(CNc2cc(-c3ccccc3)nc(NCC3CCCO3)n2)cc1. The molecule has 144 valence electrons. The van der Waals surface area contributed by atoms with Gasteiger partial charge in [0.1, 0.15) is 5.82 Å². The molecular formula is C23H26N4O. The number of hydrogen-bond acceptors (Lipinski definition) is 5. The summed E-state index contributed by atoms with van der Waals surface area (Å²) in [5, 5.41) is 6.79. The largest absolute Gasteiger partial charge is 0.376 e. The number of nitrogens with zero attached hydrogens (tertiary/aromatic N) is 2. The maximum atomic E-state index is 5.70. The summed E-state index contributed by atoms with van der Waals surface area (Å²) in [5.41, 5.74) is 4.46. The van der Waals surface area contributed by atoms with Gasteiger partial charge in [0.15, 0.2) is 0 Å². The molecule has 0 aliphatic carbocycles. The number of anilines is 2. The molecule has 5 heteroatoms. The van der Waals surface area contributed by atoms with E-state index in [0.29, 0.717) is 5.95 Å².